The maximum Gasteiger partial charge on any atom is 0.307 e. The lowest BCUT2D eigenvalue weighted by Gasteiger charge is -2.06. The van der Waals surface area contributed by atoms with Gasteiger partial charge in [0.1, 0.15) is 16.8 Å². The average Bonchev–Trinajstić information content (AvgIpc) is 2.28. The van der Waals surface area contributed by atoms with E-state index in [0.29, 0.717) is 42.8 Å². The third kappa shape index (κ3) is 4.99. The summed E-state index contributed by atoms with van der Waals surface area (Å²) in [6.45, 7) is 4.60. The second kappa shape index (κ2) is 7.06. The van der Waals surface area contributed by atoms with E-state index in [1.165, 1.54) is 0 Å². The van der Waals surface area contributed by atoms with Crippen molar-refractivity contribution in [1.82, 2.24) is 9.97 Å². The van der Waals surface area contributed by atoms with Crippen LogP contribution in [0.15, 0.2) is 6.07 Å². The van der Waals surface area contributed by atoms with E-state index in [4.69, 9.17) is 16.3 Å². The minimum absolute atomic E-state index is 0.226. The van der Waals surface area contributed by atoms with Crippen LogP contribution in [0.2, 0.25) is 5.15 Å². The van der Waals surface area contributed by atoms with Crippen molar-refractivity contribution in [1.29, 1.82) is 0 Å². The molecule has 1 rings (SSSR count). The summed E-state index contributed by atoms with van der Waals surface area (Å²) in [7, 11) is 0. The molecule has 1 N–H and O–H groups in total. The summed E-state index contributed by atoms with van der Waals surface area (Å²) >= 11 is 5.84. The van der Waals surface area contributed by atoms with Crippen molar-refractivity contribution in [2.24, 2.45) is 0 Å². The number of carbonyl (C=O) groups is 1. The van der Waals surface area contributed by atoms with Crippen molar-refractivity contribution in [3.8, 4) is 0 Å². The molecule has 0 aliphatic carbocycles. The smallest absolute Gasteiger partial charge is 0.307 e. The Labute approximate surface area is 106 Å². The predicted octanol–water partition coefficient (Wildman–Crippen LogP) is 2.06. The van der Waals surface area contributed by atoms with Gasteiger partial charge in [0, 0.05) is 19.0 Å². The van der Waals surface area contributed by atoms with E-state index in [2.05, 4.69) is 15.3 Å². The molecule has 94 valence electrons. The molecular formula is C11H16ClN3O2. The lowest BCUT2D eigenvalue weighted by Crippen LogP contribution is -2.12. The largest absolute Gasteiger partial charge is 0.466 e. The molecule has 0 amide bonds. The summed E-state index contributed by atoms with van der Waals surface area (Å²) in [5.41, 5.74) is 0. The van der Waals surface area contributed by atoms with Gasteiger partial charge in [-0.2, -0.15) is 0 Å². The van der Waals surface area contributed by atoms with Crippen molar-refractivity contribution in [3.63, 3.8) is 0 Å². The van der Waals surface area contributed by atoms with Gasteiger partial charge in [-0.15, -0.1) is 0 Å². The fraction of sp³-hybridized carbons (Fsp3) is 0.545. The van der Waals surface area contributed by atoms with Crippen LogP contribution in [0.4, 0.5) is 5.82 Å². The molecule has 17 heavy (non-hydrogen) atoms. The number of ether oxygens (including phenoxy) is 1. The zero-order valence-corrected chi connectivity index (χ0v) is 10.8. The highest BCUT2D eigenvalue weighted by molar-refractivity contribution is 6.29. The standard InChI is InChI=1S/C11H16ClN3O2/c1-3-9-14-8(12)7-10(15-9)13-6-5-11(16)17-4-2/h7H,3-6H2,1-2H3,(H,13,14,15). The van der Waals surface area contributed by atoms with E-state index in [0.717, 1.165) is 0 Å². The first-order valence-electron chi connectivity index (χ1n) is 5.58. The lowest BCUT2D eigenvalue weighted by atomic mass is 10.4. The molecule has 6 heteroatoms. The van der Waals surface area contributed by atoms with Gasteiger partial charge in [-0.3, -0.25) is 4.79 Å². The molecular weight excluding hydrogens is 242 g/mol. The van der Waals surface area contributed by atoms with E-state index >= 15 is 0 Å². The van der Waals surface area contributed by atoms with Crippen molar-refractivity contribution in [3.05, 3.63) is 17.0 Å². The summed E-state index contributed by atoms with van der Waals surface area (Å²) in [6, 6.07) is 1.63. The minimum Gasteiger partial charge on any atom is -0.466 e. The third-order valence-corrected chi connectivity index (χ3v) is 2.19. The molecule has 0 bridgehead atoms. The molecule has 0 saturated heterocycles. The monoisotopic (exact) mass is 257 g/mol. The van der Waals surface area contributed by atoms with Crippen LogP contribution in [-0.4, -0.2) is 29.1 Å². The second-order valence-corrected chi connectivity index (χ2v) is 3.71. The second-order valence-electron chi connectivity index (χ2n) is 3.33. The van der Waals surface area contributed by atoms with Crippen LogP contribution in [-0.2, 0) is 16.0 Å². The molecule has 5 nitrogen and oxygen atoms in total. The number of carbonyl (C=O) groups excluding carboxylic acids is 1. The van der Waals surface area contributed by atoms with E-state index in [-0.39, 0.29) is 5.97 Å². The summed E-state index contributed by atoms with van der Waals surface area (Å²) in [5.74, 6) is 1.08. The van der Waals surface area contributed by atoms with Crippen LogP contribution in [0.3, 0.4) is 0 Å². The molecule has 0 saturated carbocycles. The van der Waals surface area contributed by atoms with Crippen molar-refractivity contribution in [2.45, 2.75) is 26.7 Å². The summed E-state index contributed by atoms with van der Waals surface area (Å²) in [6.07, 6.45) is 1.02. The van der Waals surface area contributed by atoms with Crippen LogP contribution in [0.25, 0.3) is 0 Å². The number of esters is 1. The maximum absolute atomic E-state index is 11.1. The van der Waals surface area contributed by atoms with Gasteiger partial charge < -0.3 is 10.1 Å². The van der Waals surface area contributed by atoms with Gasteiger partial charge in [-0.1, -0.05) is 18.5 Å². The quantitative estimate of drug-likeness (QED) is 0.624. The Morgan fingerprint density at radius 2 is 2.24 bits per heavy atom. The molecule has 0 atom stereocenters. The molecule has 0 aliphatic rings. The number of hydrogen-bond donors (Lipinski definition) is 1. The number of aromatic nitrogens is 2. The van der Waals surface area contributed by atoms with Gasteiger partial charge in [-0.05, 0) is 6.92 Å². The molecule has 0 spiro atoms. The first-order chi connectivity index (χ1) is 8.15. The maximum atomic E-state index is 11.1. The Kier molecular flexibility index (Phi) is 5.69. The fourth-order valence-corrected chi connectivity index (χ4v) is 1.44. The van der Waals surface area contributed by atoms with Crippen molar-refractivity contribution < 1.29 is 9.53 Å². The fourth-order valence-electron chi connectivity index (χ4n) is 1.24. The van der Waals surface area contributed by atoms with Crippen LogP contribution in [0, 0.1) is 0 Å². The van der Waals surface area contributed by atoms with E-state index in [9.17, 15) is 4.79 Å². The van der Waals surface area contributed by atoms with Crippen LogP contribution >= 0.6 is 11.6 Å². The Bertz CT molecular complexity index is 385. The van der Waals surface area contributed by atoms with Gasteiger partial charge >= 0.3 is 5.97 Å². The van der Waals surface area contributed by atoms with E-state index in [1.807, 2.05) is 6.92 Å². The number of nitrogens with one attached hydrogen (secondary N) is 1. The zero-order valence-electron chi connectivity index (χ0n) is 9.99. The van der Waals surface area contributed by atoms with Gasteiger partial charge in [0.15, 0.2) is 0 Å². The van der Waals surface area contributed by atoms with Crippen LogP contribution in [0.1, 0.15) is 26.1 Å². The number of nitrogens with zero attached hydrogens (tertiary/aromatic N) is 2. The first-order valence-corrected chi connectivity index (χ1v) is 5.96. The molecule has 1 aromatic rings. The Morgan fingerprint density at radius 1 is 1.47 bits per heavy atom. The van der Waals surface area contributed by atoms with Gasteiger partial charge in [-0.25, -0.2) is 9.97 Å². The van der Waals surface area contributed by atoms with Gasteiger partial charge in [0.2, 0.25) is 0 Å². The average molecular weight is 258 g/mol. The van der Waals surface area contributed by atoms with Crippen molar-refractivity contribution in [2.75, 3.05) is 18.5 Å². The predicted molar refractivity (Wildman–Crippen MR) is 66.2 cm³/mol. The number of anilines is 1. The highest BCUT2D eigenvalue weighted by atomic mass is 35.5. The third-order valence-electron chi connectivity index (χ3n) is 2.00. The molecule has 0 radical (unpaired) electrons. The molecule has 0 unspecified atom stereocenters. The van der Waals surface area contributed by atoms with E-state index in [1.54, 1.807) is 13.0 Å². The number of rotatable bonds is 6. The van der Waals surface area contributed by atoms with Gasteiger partial charge in [0.25, 0.3) is 0 Å². The van der Waals surface area contributed by atoms with Crippen molar-refractivity contribution >= 4 is 23.4 Å². The van der Waals surface area contributed by atoms with E-state index < -0.39 is 0 Å². The molecule has 0 fully saturated rings. The molecule has 1 aromatic heterocycles. The number of hydrogen-bond acceptors (Lipinski definition) is 5. The number of halogens is 1. The lowest BCUT2D eigenvalue weighted by molar-refractivity contribution is -0.142. The zero-order chi connectivity index (χ0) is 12.7. The SMILES string of the molecule is CCOC(=O)CCNc1cc(Cl)nc(CC)n1. The van der Waals surface area contributed by atoms with Gasteiger partial charge in [0.05, 0.1) is 13.0 Å². The molecule has 0 aromatic carbocycles. The Hall–Kier alpha value is -1.36. The highest BCUT2D eigenvalue weighted by Gasteiger charge is 2.04. The molecule has 0 aliphatic heterocycles. The summed E-state index contributed by atoms with van der Waals surface area (Å²) < 4.78 is 4.81. The number of aryl methyl sites for hydroxylation is 1. The first kappa shape index (κ1) is 13.7. The Balaban J connectivity index is 2.46. The Morgan fingerprint density at radius 3 is 2.88 bits per heavy atom. The van der Waals surface area contributed by atoms with Crippen LogP contribution in [0.5, 0.6) is 0 Å². The highest BCUT2D eigenvalue weighted by Crippen LogP contribution is 2.11. The molecule has 1 heterocycles. The summed E-state index contributed by atoms with van der Waals surface area (Å²) in [4.78, 5) is 19.4. The topological polar surface area (TPSA) is 64.1 Å². The normalized spacial score (nSPS) is 10.1. The van der Waals surface area contributed by atoms with Crippen LogP contribution < -0.4 is 5.32 Å². The minimum atomic E-state index is -0.226. The summed E-state index contributed by atoms with van der Waals surface area (Å²) in [5, 5.41) is 3.41.